The minimum Gasteiger partial charge on any atom is -0.454 e. The second-order valence-electron chi connectivity index (χ2n) is 5.86. The molecule has 0 spiro atoms. The van der Waals surface area contributed by atoms with E-state index in [9.17, 15) is 9.59 Å². The van der Waals surface area contributed by atoms with Crippen LogP contribution in [0.15, 0.2) is 42.5 Å². The Hall–Kier alpha value is -2.73. The third-order valence-corrected chi connectivity index (χ3v) is 4.37. The van der Waals surface area contributed by atoms with E-state index < -0.39 is 0 Å². The van der Waals surface area contributed by atoms with E-state index in [1.807, 2.05) is 18.2 Å². The third kappa shape index (κ3) is 4.26. The Balaban J connectivity index is 1.56. The summed E-state index contributed by atoms with van der Waals surface area (Å²) in [7, 11) is 0. The summed E-state index contributed by atoms with van der Waals surface area (Å²) in [5.74, 6) is 1.05. The van der Waals surface area contributed by atoms with Gasteiger partial charge in [-0.25, -0.2) is 0 Å². The lowest BCUT2D eigenvalue weighted by Crippen LogP contribution is -2.37. The number of rotatable bonds is 6. The highest BCUT2D eigenvalue weighted by Gasteiger charge is 2.16. The van der Waals surface area contributed by atoms with Crippen molar-refractivity contribution in [2.75, 3.05) is 19.9 Å². The molecule has 0 unspecified atom stereocenters. The molecule has 6 nitrogen and oxygen atoms in total. The molecule has 3 rings (SSSR count). The standard InChI is InChI=1S/C19H19ClN2O4/c1-13(23)22(11-14-6-7-17-18(10-14)26-12-25-17)9-8-21-19(24)15-4-2-3-5-16(15)20/h2-7,10H,8-9,11-12H2,1H3,(H,21,24). The first-order chi connectivity index (χ1) is 12.5. The Labute approximate surface area is 156 Å². The van der Waals surface area contributed by atoms with E-state index in [0.717, 1.165) is 5.56 Å². The first-order valence-electron chi connectivity index (χ1n) is 8.21. The number of nitrogens with zero attached hydrogens (tertiary/aromatic N) is 1. The molecule has 1 heterocycles. The Morgan fingerprint density at radius 2 is 1.92 bits per heavy atom. The molecule has 2 aromatic rings. The molecule has 0 fully saturated rings. The van der Waals surface area contributed by atoms with Gasteiger partial charge < -0.3 is 19.7 Å². The van der Waals surface area contributed by atoms with Gasteiger partial charge in [0.1, 0.15) is 0 Å². The first kappa shape index (κ1) is 18.1. The van der Waals surface area contributed by atoms with Crippen LogP contribution in [0.25, 0.3) is 0 Å². The molecule has 136 valence electrons. The number of ether oxygens (including phenoxy) is 2. The van der Waals surface area contributed by atoms with Gasteiger partial charge in [-0.1, -0.05) is 29.8 Å². The molecule has 26 heavy (non-hydrogen) atoms. The maximum atomic E-state index is 12.2. The lowest BCUT2D eigenvalue weighted by molar-refractivity contribution is -0.129. The van der Waals surface area contributed by atoms with Crippen molar-refractivity contribution in [3.63, 3.8) is 0 Å². The van der Waals surface area contributed by atoms with E-state index in [4.69, 9.17) is 21.1 Å². The summed E-state index contributed by atoms with van der Waals surface area (Å²) in [5, 5.41) is 3.19. The highest BCUT2D eigenvalue weighted by Crippen LogP contribution is 2.32. The van der Waals surface area contributed by atoms with Crippen molar-refractivity contribution in [2.45, 2.75) is 13.5 Å². The molecular formula is C19H19ClN2O4. The maximum absolute atomic E-state index is 12.2. The number of carbonyl (C=O) groups excluding carboxylic acids is 2. The van der Waals surface area contributed by atoms with E-state index in [-0.39, 0.29) is 18.6 Å². The van der Waals surface area contributed by atoms with Crippen molar-refractivity contribution in [1.29, 1.82) is 0 Å². The average molecular weight is 375 g/mol. The molecule has 0 aliphatic carbocycles. The van der Waals surface area contributed by atoms with Gasteiger partial charge in [0.25, 0.3) is 5.91 Å². The number of amides is 2. The Morgan fingerprint density at radius 1 is 1.15 bits per heavy atom. The zero-order chi connectivity index (χ0) is 18.5. The van der Waals surface area contributed by atoms with E-state index >= 15 is 0 Å². The number of halogens is 1. The minimum atomic E-state index is -0.262. The summed E-state index contributed by atoms with van der Waals surface area (Å²) in [4.78, 5) is 25.7. The lowest BCUT2D eigenvalue weighted by atomic mass is 10.2. The van der Waals surface area contributed by atoms with Crippen LogP contribution in [0.4, 0.5) is 0 Å². The number of carbonyl (C=O) groups is 2. The highest BCUT2D eigenvalue weighted by molar-refractivity contribution is 6.33. The van der Waals surface area contributed by atoms with Gasteiger partial charge in [-0.2, -0.15) is 0 Å². The SMILES string of the molecule is CC(=O)N(CCNC(=O)c1ccccc1Cl)Cc1ccc2c(c1)OCO2. The topological polar surface area (TPSA) is 67.9 Å². The Morgan fingerprint density at radius 3 is 2.69 bits per heavy atom. The normalized spacial score (nSPS) is 11.9. The predicted octanol–water partition coefficient (Wildman–Crippen LogP) is 2.85. The van der Waals surface area contributed by atoms with Crippen LogP contribution in [0.5, 0.6) is 11.5 Å². The maximum Gasteiger partial charge on any atom is 0.252 e. The van der Waals surface area contributed by atoms with Crippen LogP contribution in [0.1, 0.15) is 22.8 Å². The number of hydrogen-bond donors (Lipinski definition) is 1. The fraction of sp³-hybridized carbons (Fsp3) is 0.263. The van der Waals surface area contributed by atoms with Crippen LogP contribution >= 0.6 is 11.6 Å². The van der Waals surface area contributed by atoms with Gasteiger partial charge in [0.05, 0.1) is 10.6 Å². The van der Waals surface area contributed by atoms with Crippen molar-refractivity contribution in [3.05, 3.63) is 58.6 Å². The second kappa shape index (κ2) is 8.10. The van der Waals surface area contributed by atoms with Gasteiger partial charge in [-0.05, 0) is 29.8 Å². The van der Waals surface area contributed by atoms with Crippen molar-refractivity contribution < 1.29 is 19.1 Å². The lowest BCUT2D eigenvalue weighted by Gasteiger charge is -2.21. The smallest absolute Gasteiger partial charge is 0.252 e. The Kier molecular flexibility index (Phi) is 5.63. The zero-order valence-corrected chi connectivity index (χ0v) is 15.1. The number of benzene rings is 2. The molecule has 0 radical (unpaired) electrons. The van der Waals surface area contributed by atoms with E-state index in [2.05, 4.69) is 5.32 Å². The van der Waals surface area contributed by atoms with Gasteiger partial charge in [-0.15, -0.1) is 0 Å². The van der Waals surface area contributed by atoms with Crippen LogP contribution in [0, 0.1) is 0 Å². The average Bonchev–Trinajstić information content (AvgIpc) is 3.08. The number of hydrogen-bond acceptors (Lipinski definition) is 4. The van der Waals surface area contributed by atoms with Crippen LogP contribution in [0.3, 0.4) is 0 Å². The molecule has 0 saturated heterocycles. The molecule has 0 bridgehead atoms. The number of fused-ring (bicyclic) bond motifs is 1. The summed E-state index contributed by atoms with van der Waals surface area (Å²) >= 11 is 6.02. The molecule has 1 N–H and O–H groups in total. The van der Waals surface area contributed by atoms with E-state index in [1.165, 1.54) is 6.92 Å². The second-order valence-corrected chi connectivity index (χ2v) is 6.27. The zero-order valence-electron chi connectivity index (χ0n) is 14.3. The molecule has 1 aliphatic rings. The molecule has 2 amide bonds. The van der Waals surface area contributed by atoms with Crippen molar-refractivity contribution in [2.24, 2.45) is 0 Å². The fourth-order valence-electron chi connectivity index (χ4n) is 2.65. The monoisotopic (exact) mass is 374 g/mol. The summed E-state index contributed by atoms with van der Waals surface area (Å²) in [5.41, 5.74) is 1.35. The van der Waals surface area contributed by atoms with Crippen LogP contribution < -0.4 is 14.8 Å². The van der Waals surface area contributed by atoms with Crippen molar-refractivity contribution in [1.82, 2.24) is 10.2 Å². The molecule has 1 aliphatic heterocycles. The number of nitrogens with one attached hydrogen (secondary N) is 1. The summed E-state index contributed by atoms with van der Waals surface area (Å²) in [6, 6.07) is 12.4. The minimum absolute atomic E-state index is 0.0744. The van der Waals surface area contributed by atoms with Gasteiger partial charge >= 0.3 is 0 Å². The van der Waals surface area contributed by atoms with Crippen molar-refractivity contribution >= 4 is 23.4 Å². The largest absolute Gasteiger partial charge is 0.454 e. The molecule has 0 aromatic heterocycles. The van der Waals surface area contributed by atoms with Gasteiger partial charge in [0, 0.05) is 26.6 Å². The molecule has 2 aromatic carbocycles. The highest BCUT2D eigenvalue weighted by atomic mass is 35.5. The van der Waals surface area contributed by atoms with E-state index in [1.54, 1.807) is 29.2 Å². The third-order valence-electron chi connectivity index (χ3n) is 4.04. The first-order valence-corrected chi connectivity index (χ1v) is 8.59. The molecule has 0 atom stereocenters. The van der Waals surface area contributed by atoms with Crippen LogP contribution in [-0.2, 0) is 11.3 Å². The van der Waals surface area contributed by atoms with Crippen LogP contribution in [0.2, 0.25) is 5.02 Å². The molecule has 7 heteroatoms. The Bertz CT molecular complexity index is 825. The summed E-state index contributed by atoms with van der Waals surface area (Å²) in [6.07, 6.45) is 0. The predicted molar refractivity (Wildman–Crippen MR) is 97.4 cm³/mol. The van der Waals surface area contributed by atoms with E-state index in [0.29, 0.717) is 41.7 Å². The molecule has 0 saturated carbocycles. The summed E-state index contributed by atoms with van der Waals surface area (Å²) < 4.78 is 10.6. The quantitative estimate of drug-likeness (QED) is 0.844. The van der Waals surface area contributed by atoms with Gasteiger partial charge in [-0.3, -0.25) is 9.59 Å². The van der Waals surface area contributed by atoms with Crippen molar-refractivity contribution in [3.8, 4) is 11.5 Å². The van der Waals surface area contributed by atoms with Gasteiger partial charge in [0.15, 0.2) is 11.5 Å². The fourth-order valence-corrected chi connectivity index (χ4v) is 2.87. The molecular weight excluding hydrogens is 356 g/mol. The van der Waals surface area contributed by atoms with Gasteiger partial charge in [0.2, 0.25) is 12.7 Å². The van der Waals surface area contributed by atoms with Crippen LogP contribution in [-0.4, -0.2) is 36.6 Å². The summed E-state index contributed by atoms with van der Waals surface area (Å²) in [6.45, 7) is 2.86.